The largest absolute Gasteiger partial charge is 0.508 e. The zero-order chi connectivity index (χ0) is 48.1. The lowest BCUT2D eigenvalue weighted by molar-refractivity contribution is -0.143. The molecule has 0 saturated heterocycles. The van der Waals surface area contributed by atoms with Gasteiger partial charge in [-0.1, -0.05) is 46.2 Å². The molecule has 16 N–H and O–H groups in total. The van der Waals surface area contributed by atoms with Crippen LogP contribution >= 0.6 is 0 Å². The van der Waals surface area contributed by atoms with E-state index in [4.69, 9.17) is 16.6 Å². The van der Waals surface area contributed by atoms with Gasteiger partial charge in [0.1, 0.15) is 48.0 Å². The Bertz CT molecular complexity index is 1780. The Morgan fingerprint density at radius 3 is 1.73 bits per heavy atom. The molecular weight excluding hydrogens is 834 g/mol. The van der Waals surface area contributed by atoms with Crippen LogP contribution in [0.3, 0.4) is 0 Å². The standard InChI is InChI=1S/C39H61N9O15/c1-6-19(4)31(37(60)45-25(13-18(2)3)35(58)43-24(39(62)63)11-12-28(41)52)47-29(53)16-42-34(57)26(14-21-7-9-22(51)10-8-21)44-36(59)27(15-30(54)55)46-38(61)32(20(5)50)48-33(56)23(40)17-49/h7-10,18-20,23-27,31-32,49-51H,6,11-17,40H2,1-5H3,(H2,41,52)(H,42,57)(H,43,58)(H,44,59)(H,45,60)(H,46,61)(H,47,53)(H,48,56)(H,54,55)(H,62,63)/t19-,20+,23-,24-,25-,26-,27-,31-,32-/m0/s1. The van der Waals surface area contributed by atoms with E-state index in [1.807, 2.05) is 0 Å². The molecule has 24 heteroatoms. The van der Waals surface area contributed by atoms with Crippen LogP contribution in [0.4, 0.5) is 0 Å². The number of aliphatic carboxylic acids is 2. The summed E-state index contributed by atoms with van der Waals surface area (Å²) in [6.07, 6.45) is -3.19. The summed E-state index contributed by atoms with van der Waals surface area (Å²) in [7, 11) is 0. The predicted molar refractivity (Wildman–Crippen MR) is 220 cm³/mol. The van der Waals surface area contributed by atoms with Gasteiger partial charge in [-0.25, -0.2) is 4.79 Å². The normalized spacial score (nSPS) is 15.3. The molecule has 0 saturated carbocycles. The molecule has 0 aliphatic rings. The number of hydrogen-bond donors (Lipinski definition) is 14. The number of phenols is 1. The summed E-state index contributed by atoms with van der Waals surface area (Å²) in [5.74, 6) is -11.7. The van der Waals surface area contributed by atoms with Crippen LogP contribution in [0.5, 0.6) is 5.75 Å². The van der Waals surface area contributed by atoms with Gasteiger partial charge in [0.25, 0.3) is 0 Å². The van der Waals surface area contributed by atoms with E-state index in [2.05, 4.69) is 37.2 Å². The van der Waals surface area contributed by atoms with E-state index in [0.29, 0.717) is 12.0 Å². The lowest BCUT2D eigenvalue weighted by atomic mass is 9.96. The summed E-state index contributed by atoms with van der Waals surface area (Å²) < 4.78 is 0. The van der Waals surface area contributed by atoms with Crippen LogP contribution in [0, 0.1) is 11.8 Å². The van der Waals surface area contributed by atoms with Crippen LogP contribution in [0.15, 0.2) is 24.3 Å². The van der Waals surface area contributed by atoms with Crippen molar-refractivity contribution >= 4 is 59.2 Å². The zero-order valence-electron chi connectivity index (χ0n) is 35.7. The number of nitrogens with one attached hydrogen (secondary N) is 7. The van der Waals surface area contributed by atoms with Crippen molar-refractivity contribution in [1.29, 1.82) is 0 Å². The monoisotopic (exact) mass is 895 g/mol. The number of primary amides is 1. The molecule has 0 aliphatic heterocycles. The van der Waals surface area contributed by atoms with Crippen molar-refractivity contribution in [2.45, 2.75) is 122 Å². The summed E-state index contributed by atoms with van der Waals surface area (Å²) in [5.41, 5.74) is 10.9. The van der Waals surface area contributed by atoms with E-state index >= 15 is 0 Å². The summed E-state index contributed by atoms with van der Waals surface area (Å²) >= 11 is 0. The van der Waals surface area contributed by atoms with Gasteiger partial charge in [-0.05, 0) is 49.3 Å². The average molecular weight is 896 g/mol. The highest BCUT2D eigenvalue weighted by molar-refractivity contribution is 5.98. The minimum absolute atomic E-state index is 0.0547. The Hall–Kier alpha value is -6.40. The fourth-order valence-corrected chi connectivity index (χ4v) is 5.74. The van der Waals surface area contributed by atoms with Crippen molar-refractivity contribution in [1.82, 2.24) is 37.2 Å². The van der Waals surface area contributed by atoms with Gasteiger partial charge >= 0.3 is 11.9 Å². The number of benzene rings is 1. The fraction of sp³-hybridized carbons (Fsp3) is 0.590. The number of phenolic OH excluding ortho intramolecular Hbond substituents is 1. The van der Waals surface area contributed by atoms with Gasteiger partial charge in [0.2, 0.25) is 47.3 Å². The number of carboxylic acid groups (broad SMARTS) is 2. The van der Waals surface area contributed by atoms with Crippen LogP contribution in [0.1, 0.15) is 72.3 Å². The first-order chi connectivity index (χ1) is 29.4. The van der Waals surface area contributed by atoms with Crippen LogP contribution < -0.4 is 48.7 Å². The maximum absolute atomic E-state index is 13.6. The van der Waals surface area contributed by atoms with Crippen LogP contribution in [-0.4, -0.2) is 146 Å². The quantitative estimate of drug-likeness (QED) is 0.0377. The van der Waals surface area contributed by atoms with E-state index in [1.54, 1.807) is 27.7 Å². The molecule has 9 atom stereocenters. The third-order valence-electron chi connectivity index (χ3n) is 9.49. The van der Waals surface area contributed by atoms with E-state index in [0.717, 1.165) is 6.92 Å². The maximum atomic E-state index is 13.6. The first-order valence-corrected chi connectivity index (χ1v) is 20.0. The van der Waals surface area contributed by atoms with E-state index < -0.39 is 133 Å². The van der Waals surface area contributed by atoms with Crippen LogP contribution in [-0.2, 0) is 54.4 Å². The van der Waals surface area contributed by atoms with Gasteiger partial charge in [-0.15, -0.1) is 0 Å². The molecule has 0 aromatic heterocycles. The molecule has 0 spiro atoms. The Morgan fingerprint density at radius 1 is 0.683 bits per heavy atom. The maximum Gasteiger partial charge on any atom is 0.326 e. The molecule has 0 fully saturated rings. The number of aromatic hydroxyl groups is 1. The minimum Gasteiger partial charge on any atom is -0.508 e. The number of carbonyl (C=O) groups is 10. The number of carboxylic acids is 2. The van der Waals surface area contributed by atoms with Gasteiger partial charge in [0.05, 0.1) is 25.7 Å². The second-order valence-electron chi connectivity index (χ2n) is 15.4. The molecular formula is C39H61N9O15. The number of aliphatic hydroxyl groups excluding tert-OH is 2. The minimum atomic E-state index is -1.90. The molecule has 8 amide bonds. The van der Waals surface area contributed by atoms with Gasteiger partial charge in [0, 0.05) is 12.8 Å². The molecule has 1 rings (SSSR count). The van der Waals surface area contributed by atoms with Gasteiger partial charge in [-0.2, -0.15) is 0 Å². The van der Waals surface area contributed by atoms with Crippen LogP contribution in [0.25, 0.3) is 0 Å². The zero-order valence-corrected chi connectivity index (χ0v) is 35.7. The molecule has 352 valence electrons. The second-order valence-corrected chi connectivity index (χ2v) is 15.4. The molecule has 0 radical (unpaired) electrons. The van der Waals surface area contributed by atoms with Gasteiger partial charge in [-0.3, -0.25) is 43.2 Å². The van der Waals surface area contributed by atoms with Gasteiger partial charge in [0.15, 0.2) is 0 Å². The molecule has 0 unspecified atom stereocenters. The highest BCUT2D eigenvalue weighted by Gasteiger charge is 2.35. The molecule has 1 aromatic carbocycles. The topological polar surface area (TPSA) is 408 Å². The lowest BCUT2D eigenvalue weighted by Crippen LogP contribution is -2.61. The number of amides is 8. The highest BCUT2D eigenvalue weighted by atomic mass is 16.4. The van der Waals surface area contributed by atoms with Crippen LogP contribution in [0.2, 0.25) is 0 Å². The smallest absolute Gasteiger partial charge is 0.326 e. The van der Waals surface area contributed by atoms with Crippen molar-refractivity contribution in [3.8, 4) is 5.75 Å². The van der Waals surface area contributed by atoms with Crippen molar-refractivity contribution in [3.63, 3.8) is 0 Å². The number of nitrogens with two attached hydrogens (primary N) is 2. The average Bonchev–Trinajstić information content (AvgIpc) is 3.20. The molecule has 0 heterocycles. The number of carbonyl (C=O) groups excluding carboxylic acids is 8. The summed E-state index contributed by atoms with van der Waals surface area (Å²) in [5, 5.41) is 64.4. The number of aliphatic hydroxyl groups is 2. The molecule has 0 bridgehead atoms. The Balaban J connectivity index is 3.30. The molecule has 24 nitrogen and oxygen atoms in total. The molecule has 1 aromatic rings. The van der Waals surface area contributed by atoms with E-state index in [1.165, 1.54) is 24.3 Å². The molecule has 63 heavy (non-hydrogen) atoms. The Morgan fingerprint density at radius 2 is 1.22 bits per heavy atom. The molecule has 0 aliphatic carbocycles. The lowest BCUT2D eigenvalue weighted by Gasteiger charge is -2.28. The third-order valence-corrected chi connectivity index (χ3v) is 9.49. The summed E-state index contributed by atoms with van der Waals surface area (Å²) in [6.45, 7) is 6.35. The van der Waals surface area contributed by atoms with E-state index in [-0.39, 0.29) is 37.4 Å². The Kier molecular flexibility index (Phi) is 23.3. The third kappa shape index (κ3) is 19.9. The second kappa shape index (κ2) is 26.8. The SMILES string of the molecule is CC[C@H](C)[C@H](NC(=O)CNC(=O)[C@H](Cc1ccc(O)cc1)NC(=O)[C@H](CC(=O)O)NC(=O)[C@@H](NC(=O)[C@@H](N)CO)[C@@H](C)O)C(=O)N[C@@H](CC(C)C)C(=O)N[C@@H](CCC(N)=O)C(=O)O. The number of hydrogen-bond acceptors (Lipinski definition) is 14. The van der Waals surface area contributed by atoms with Crippen molar-refractivity contribution < 1.29 is 73.5 Å². The Labute approximate surface area is 363 Å². The summed E-state index contributed by atoms with van der Waals surface area (Å²) in [6, 6.07) is -5.39. The highest BCUT2D eigenvalue weighted by Crippen LogP contribution is 2.14. The first kappa shape index (κ1) is 54.6. The van der Waals surface area contributed by atoms with Crippen molar-refractivity contribution in [3.05, 3.63) is 29.8 Å². The first-order valence-electron chi connectivity index (χ1n) is 20.0. The van der Waals surface area contributed by atoms with Crippen molar-refractivity contribution in [2.75, 3.05) is 13.2 Å². The predicted octanol–water partition coefficient (Wildman–Crippen LogP) is -4.42. The summed E-state index contributed by atoms with van der Waals surface area (Å²) in [4.78, 5) is 127. The fourth-order valence-electron chi connectivity index (χ4n) is 5.74. The number of rotatable bonds is 28. The van der Waals surface area contributed by atoms with Crippen molar-refractivity contribution in [2.24, 2.45) is 23.3 Å². The van der Waals surface area contributed by atoms with Gasteiger partial charge < -0.3 is 74.2 Å². The van der Waals surface area contributed by atoms with E-state index in [9.17, 15) is 68.4 Å².